The van der Waals surface area contributed by atoms with Crippen LogP contribution in [0.4, 0.5) is 0 Å². The molecular formula is C12H17N3OS. The Labute approximate surface area is 106 Å². The third-order valence-electron chi connectivity index (χ3n) is 2.41. The van der Waals surface area contributed by atoms with Crippen LogP contribution in [0.1, 0.15) is 18.7 Å². The first-order valence-corrected chi connectivity index (χ1v) is 6.32. The van der Waals surface area contributed by atoms with Gasteiger partial charge in [-0.05, 0) is 11.4 Å². The third kappa shape index (κ3) is 4.55. The Kier molecular flexibility index (Phi) is 5.13. The molecule has 5 heteroatoms. The fourth-order valence-electron chi connectivity index (χ4n) is 1.44. The SMILES string of the molecule is CC(C)(CNCC(=O)NCC#N)c1cccs1. The van der Waals surface area contributed by atoms with Crippen LogP contribution in [0, 0.1) is 11.3 Å². The van der Waals surface area contributed by atoms with E-state index in [9.17, 15) is 4.79 Å². The Morgan fingerprint density at radius 2 is 2.35 bits per heavy atom. The van der Waals surface area contributed by atoms with E-state index in [-0.39, 0.29) is 24.4 Å². The fraction of sp³-hybridized carbons (Fsp3) is 0.500. The molecule has 2 N–H and O–H groups in total. The van der Waals surface area contributed by atoms with E-state index in [4.69, 9.17) is 5.26 Å². The molecule has 0 aliphatic heterocycles. The van der Waals surface area contributed by atoms with Crippen LogP contribution in [0.3, 0.4) is 0 Å². The molecule has 0 unspecified atom stereocenters. The maximum atomic E-state index is 11.3. The average molecular weight is 251 g/mol. The monoisotopic (exact) mass is 251 g/mol. The molecule has 0 aliphatic carbocycles. The van der Waals surface area contributed by atoms with E-state index in [1.807, 2.05) is 12.1 Å². The Morgan fingerprint density at radius 3 is 2.94 bits per heavy atom. The molecule has 0 fully saturated rings. The van der Waals surface area contributed by atoms with Gasteiger partial charge in [-0.1, -0.05) is 19.9 Å². The van der Waals surface area contributed by atoms with Crippen LogP contribution in [0.15, 0.2) is 17.5 Å². The van der Waals surface area contributed by atoms with Crippen molar-refractivity contribution in [1.82, 2.24) is 10.6 Å². The molecule has 0 aromatic carbocycles. The summed E-state index contributed by atoms with van der Waals surface area (Å²) in [5, 5.41) is 16.0. The highest BCUT2D eigenvalue weighted by Crippen LogP contribution is 2.26. The lowest BCUT2D eigenvalue weighted by molar-refractivity contribution is -0.120. The summed E-state index contributed by atoms with van der Waals surface area (Å²) in [6.45, 7) is 5.32. The van der Waals surface area contributed by atoms with Crippen molar-refractivity contribution in [3.63, 3.8) is 0 Å². The molecule has 0 aliphatic rings. The molecule has 0 atom stereocenters. The molecule has 0 saturated heterocycles. The van der Waals surface area contributed by atoms with Crippen LogP contribution in [0.5, 0.6) is 0 Å². The van der Waals surface area contributed by atoms with Crippen molar-refractivity contribution in [3.05, 3.63) is 22.4 Å². The van der Waals surface area contributed by atoms with Crippen molar-refractivity contribution >= 4 is 17.2 Å². The highest BCUT2D eigenvalue weighted by atomic mass is 32.1. The van der Waals surface area contributed by atoms with E-state index in [0.29, 0.717) is 0 Å². The maximum Gasteiger partial charge on any atom is 0.234 e. The van der Waals surface area contributed by atoms with Crippen molar-refractivity contribution < 1.29 is 4.79 Å². The maximum absolute atomic E-state index is 11.3. The number of thiophene rings is 1. The molecule has 1 rings (SSSR count). The summed E-state index contributed by atoms with van der Waals surface area (Å²) in [6.07, 6.45) is 0. The molecule has 1 aromatic heterocycles. The first kappa shape index (κ1) is 13.7. The second kappa shape index (κ2) is 6.38. The van der Waals surface area contributed by atoms with E-state index in [1.165, 1.54) is 4.88 Å². The molecule has 92 valence electrons. The normalized spacial score (nSPS) is 10.9. The van der Waals surface area contributed by atoms with Gasteiger partial charge in [0.1, 0.15) is 6.54 Å². The standard InChI is InChI=1S/C12H17N3OS/c1-12(2,10-4-3-7-17-10)9-14-8-11(16)15-6-5-13/h3-4,7,14H,6,8-9H2,1-2H3,(H,15,16). The molecule has 1 aromatic rings. The molecule has 0 radical (unpaired) electrons. The van der Waals surface area contributed by atoms with Crippen LogP contribution in [-0.4, -0.2) is 25.5 Å². The van der Waals surface area contributed by atoms with Crippen LogP contribution in [-0.2, 0) is 10.2 Å². The highest BCUT2D eigenvalue weighted by molar-refractivity contribution is 7.10. The number of nitrogens with one attached hydrogen (secondary N) is 2. The van der Waals surface area contributed by atoms with Crippen LogP contribution in [0.25, 0.3) is 0 Å². The molecule has 0 spiro atoms. The van der Waals surface area contributed by atoms with Crippen LogP contribution in [0.2, 0.25) is 0 Å². The van der Waals surface area contributed by atoms with E-state index < -0.39 is 0 Å². The van der Waals surface area contributed by atoms with Gasteiger partial charge in [-0.2, -0.15) is 5.26 Å². The predicted molar refractivity (Wildman–Crippen MR) is 68.8 cm³/mol. The smallest absolute Gasteiger partial charge is 0.234 e. The second-order valence-corrected chi connectivity index (χ2v) is 5.35. The predicted octanol–water partition coefficient (Wildman–Crippen LogP) is 1.26. The summed E-state index contributed by atoms with van der Waals surface area (Å²) in [6, 6.07) is 6.00. The average Bonchev–Trinajstić information content (AvgIpc) is 2.80. The number of nitrogens with zero attached hydrogens (tertiary/aromatic N) is 1. The summed E-state index contributed by atoms with van der Waals surface area (Å²) >= 11 is 1.72. The number of amides is 1. The summed E-state index contributed by atoms with van der Waals surface area (Å²) in [5.41, 5.74) is 0.0175. The van der Waals surface area contributed by atoms with Gasteiger partial charge >= 0.3 is 0 Å². The Balaban J connectivity index is 2.31. The molecule has 17 heavy (non-hydrogen) atoms. The zero-order chi connectivity index (χ0) is 12.7. The van der Waals surface area contributed by atoms with Gasteiger partial charge in [-0.15, -0.1) is 11.3 Å². The minimum absolute atomic E-state index is 0.0175. The second-order valence-electron chi connectivity index (χ2n) is 4.40. The van der Waals surface area contributed by atoms with Crippen molar-refractivity contribution in [1.29, 1.82) is 5.26 Å². The van der Waals surface area contributed by atoms with Crippen molar-refractivity contribution in [2.75, 3.05) is 19.6 Å². The number of hydrogen-bond acceptors (Lipinski definition) is 4. The number of carbonyl (C=O) groups is 1. The summed E-state index contributed by atoms with van der Waals surface area (Å²) in [5.74, 6) is -0.145. The van der Waals surface area contributed by atoms with E-state index in [0.717, 1.165) is 6.54 Å². The summed E-state index contributed by atoms with van der Waals surface area (Å²) in [7, 11) is 0. The lowest BCUT2D eigenvalue weighted by Crippen LogP contribution is -2.39. The van der Waals surface area contributed by atoms with Gasteiger partial charge in [0.2, 0.25) is 5.91 Å². The zero-order valence-electron chi connectivity index (χ0n) is 10.1. The largest absolute Gasteiger partial charge is 0.342 e. The van der Waals surface area contributed by atoms with Crippen LogP contribution < -0.4 is 10.6 Å². The quantitative estimate of drug-likeness (QED) is 0.748. The number of carbonyl (C=O) groups excluding carboxylic acids is 1. The first-order chi connectivity index (χ1) is 8.06. The Hall–Kier alpha value is -1.38. The summed E-state index contributed by atoms with van der Waals surface area (Å²) < 4.78 is 0. The van der Waals surface area contributed by atoms with Gasteiger partial charge in [0.25, 0.3) is 0 Å². The third-order valence-corrected chi connectivity index (χ3v) is 3.64. The molecule has 0 saturated carbocycles. The van der Waals surface area contributed by atoms with Crippen molar-refractivity contribution in [2.24, 2.45) is 0 Å². The lowest BCUT2D eigenvalue weighted by atomic mass is 9.91. The van der Waals surface area contributed by atoms with Gasteiger partial charge in [-0.25, -0.2) is 0 Å². The topological polar surface area (TPSA) is 64.9 Å². The fourth-order valence-corrected chi connectivity index (χ4v) is 2.29. The van der Waals surface area contributed by atoms with E-state index in [2.05, 4.69) is 35.9 Å². The number of hydrogen-bond donors (Lipinski definition) is 2. The van der Waals surface area contributed by atoms with Crippen LogP contribution >= 0.6 is 11.3 Å². The molecule has 0 bridgehead atoms. The molecule has 1 amide bonds. The lowest BCUT2D eigenvalue weighted by Gasteiger charge is -2.23. The molecular weight excluding hydrogens is 234 g/mol. The summed E-state index contributed by atoms with van der Waals surface area (Å²) in [4.78, 5) is 12.5. The number of nitriles is 1. The molecule has 4 nitrogen and oxygen atoms in total. The van der Waals surface area contributed by atoms with Gasteiger partial charge in [0.15, 0.2) is 0 Å². The highest BCUT2D eigenvalue weighted by Gasteiger charge is 2.21. The van der Waals surface area contributed by atoms with E-state index in [1.54, 1.807) is 11.3 Å². The Morgan fingerprint density at radius 1 is 1.59 bits per heavy atom. The van der Waals surface area contributed by atoms with Gasteiger partial charge in [0, 0.05) is 16.8 Å². The van der Waals surface area contributed by atoms with Crippen molar-refractivity contribution in [2.45, 2.75) is 19.3 Å². The zero-order valence-corrected chi connectivity index (χ0v) is 10.9. The van der Waals surface area contributed by atoms with Gasteiger partial charge < -0.3 is 10.6 Å². The first-order valence-electron chi connectivity index (χ1n) is 5.44. The van der Waals surface area contributed by atoms with Gasteiger partial charge in [0.05, 0.1) is 12.6 Å². The minimum Gasteiger partial charge on any atom is -0.342 e. The number of rotatable bonds is 6. The Bertz CT molecular complexity index is 392. The van der Waals surface area contributed by atoms with Gasteiger partial charge in [-0.3, -0.25) is 4.79 Å². The molecule has 1 heterocycles. The van der Waals surface area contributed by atoms with E-state index >= 15 is 0 Å². The van der Waals surface area contributed by atoms with Crippen molar-refractivity contribution in [3.8, 4) is 6.07 Å². The minimum atomic E-state index is -0.145.